The van der Waals surface area contributed by atoms with E-state index < -0.39 is 0 Å². The average Bonchev–Trinajstić information content (AvgIpc) is 2.03. The van der Waals surface area contributed by atoms with Gasteiger partial charge in [0.2, 0.25) is 0 Å². The van der Waals surface area contributed by atoms with Gasteiger partial charge in [-0.3, -0.25) is 4.79 Å². The summed E-state index contributed by atoms with van der Waals surface area (Å²) < 4.78 is 4.93. The summed E-state index contributed by atoms with van der Waals surface area (Å²) in [4.78, 5) is 10.7. The third-order valence-electron chi connectivity index (χ3n) is 1.54. The van der Waals surface area contributed by atoms with Gasteiger partial charge in [-0.25, -0.2) is 0 Å². The predicted octanol–water partition coefficient (Wildman–Crippen LogP) is 2.00. The standard InChI is InChI=1S/C10H11NO2/c1-7(11)9-5-3-4-6-10(9)13-8(2)12/h3-6,11H,1-2H3. The summed E-state index contributed by atoms with van der Waals surface area (Å²) in [6.07, 6.45) is 0. The first-order chi connectivity index (χ1) is 6.11. The van der Waals surface area contributed by atoms with E-state index in [2.05, 4.69) is 0 Å². The molecule has 0 radical (unpaired) electrons. The number of hydrogen-bond donors (Lipinski definition) is 1. The molecule has 0 aliphatic heterocycles. The molecule has 0 bridgehead atoms. The van der Waals surface area contributed by atoms with Gasteiger partial charge in [-0.05, 0) is 19.1 Å². The van der Waals surface area contributed by atoms with Crippen LogP contribution in [-0.4, -0.2) is 11.7 Å². The number of ether oxygens (including phenoxy) is 1. The fraction of sp³-hybridized carbons (Fsp3) is 0.200. The Morgan fingerprint density at radius 2 is 1.92 bits per heavy atom. The minimum absolute atomic E-state index is 0.367. The van der Waals surface area contributed by atoms with E-state index in [1.165, 1.54) is 6.92 Å². The van der Waals surface area contributed by atoms with Crippen molar-refractivity contribution < 1.29 is 9.53 Å². The molecule has 0 unspecified atom stereocenters. The molecule has 1 N–H and O–H groups in total. The molecule has 0 saturated heterocycles. The normalized spacial score (nSPS) is 9.38. The Kier molecular flexibility index (Phi) is 2.80. The number of benzene rings is 1. The van der Waals surface area contributed by atoms with E-state index in [0.717, 1.165) is 0 Å². The molecule has 0 fully saturated rings. The summed E-state index contributed by atoms with van der Waals surface area (Å²) in [5.41, 5.74) is 1.04. The SMILES string of the molecule is CC(=N)c1ccccc1OC(C)=O. The highest BCUT2D eigenvalue weighted by Crippen LogP contribution is 2.18. The van der Waals surface area contributed by atoms with E-state index in [0.29, 0.717) is 17.0 Å². The Morgan fingerprint density at radius 3 is 2.46 bits per heavy atom. The van der Waals surface area contributed by atoms with Crippen LogP contribution in [0.25, 0.3) is 0 Å². The lowest BCUT2D eigenvalue weighted by molar-refractivity contribution is -0.131. The van der Waals surface area contributed by atoms with Crippen molar-refractivity contribution in [2.45, 2.75) is 13.8 Å². The molecule has 3 heteroatoms. The van der Waals surface area contributed by atoms with Gasteiger partial charge in [0, 0.05) is 18.2 Å². The van der Waals surface area contributed by atoms with Gasteiger partial charge in [-0.15, -0.1) is 0 Å². The van der Waals surface area contributed by atoms with Crippen LogP contribution in [0.2, 0.25) is 0 Å². The fourth-order valence-electron chi connectivity index (χ4n) is 1.02. The van der Waals surface area contributed by atoms with Crippen LogP contribution in [0.1, 0.15) is 19.4 Å². The van der Waals surface area contributed by atoms with Gasteiger partial charge in [0.15, 0.2) is 0 Å². The second-order valence-corrected chi connectivity index (χ2v) is 2.71. The average molecular weight is 177 g/mol. The van der Waals surface area contributed by atoms with Crippen LogP contribution in [0, 0.1) is 5.41 Å². The molecular formula is C10H11NO2. The first kappa shape index (κ1) is 9.45. The molecule has 0 aliphatic rings. The molecular weight excluding hydrogens is 166 g/mol. The largest absolute Gasteiger partial charge is 0.426 e. The number of para-hydroxylation sites is 1. The Labute approximate surface area is 76.9 Å². The summed E-state index contributed by atoms with van der Waals surface area (Å²) in [7, 11) is 0. The topological polar surface area (TPSA) is 50.1 Å². The monoisotopic (exact) mass is 177 g/mol. The Balaban J connectivity index is 3.04. The van der Waals surface area contributed by atoms with Gasteiger partial charge >= 0.3 is 5.97 Å². The van der Waals surface area contributed by atoms with Crippen molar-refractivity contribution in [2.24, 2.45) is 0 Å². The molecule has 0 heterocycles. The number of carbonyl (C=O) groups is 1. The minimum Gasteiger partial charge on any atom is -0.426 e. The third kappa shape index (κ3) is 2.40. The van der Waals surface area contributed by atoms with Gasteiger partial charge in [-0.1, -0.05) is 12.1 Å². The highest BCUT2D eigenvalue weighted by Gasteiger charge is 2.05. The lowest BCUT2D eigenvalue weighted by atomic mass is 10.1. The maximum absolute atomic E-state index is 10.7. The second-order valence-electron chi connectivity index (χ2n) is 2.71. The third-order valence-corrected chi connectivity index (χ3v) is 1.54. The molecule has 3 nitrogen and oxygen atoms in total. The molecule has 13 heavy (non-hydrogen) atoms. The van der Waals surface area contributed by atoms with Crippen molar-refractivity contribution in [2.75, 3.05) is 0 Å². The van der Waals surface area contributed by atoms with Crippen molar-refractivity contribution in [3.63, 3.8) is 0 Å². The summed E-state index contributed by atoms with van der Waals surface area (Å²) in [5.74, 6) is 0.0798. The molecule has 0 atom stereocenters. The molecule has 0 aromatic heterocycles. The van der Waals surface area contributed by atoms with E-state index in [1.807, 2.05) is 0 Å². The summed E-state index contributed by atoms with van der Waals surface area (Å²) in [6, 6.07) is 7.00. The van der Waals surface area contributed by atoms with E-state index in [-0.39, 0.29) is 5.97 Å². The van der Waals surface area contributed by atoms with Crippen molar-refractivity contribution in [3.8, 4) is 5.75 Å². The van der Waals surface area contributed by atoms with Crippen LogP contribution in [-0.2, 0) is 4.79 Å². The zero-order chi connectivity index (χ0) is 9.84. The van der Waals surface area contributed by atoms with Crippen molar-refractivity contribution >= 4 is 11.7 Å². The van der Waals surface area contributed by atoms with Crippen LogP contribution in [0.5, 0.6) is 5.75 Å². The maximum atomic E-state index is 10.7. The van der Waals surface area contributed by atoms with E-state index >= 15 is 0 Å². The highest BCUT2D eigenvalue weighted by molar-refractivity contribution is 5.99. The zero-order valence-electron chi connectivity index (χ0n) is 7.63. The summed E-state index contributed by atoms with van der Waals surface area (Å²) in [5, 5.41) is 7.43. The van der Waals surface area contributed by atoms with E-state index in [9.17, 15) is 4.79 Å². The minimum atomic E-state index is -0.367. The number of rotatable bonds is 2. The number of esters is 1. The van der Waals surface area contributed by atoms with Gasteiger partial charge in [-0.2, -0.15) is 0 Å². The van der Waals surface area contributed by atoms with Gasteiger partial charge in [0.05, 0.1) is 0 Å². The van der Waals surface area contributed by atoms with Crippen LogP contribution in [0.15, 0.2) is 24.3 Å². The summed E-state index contributed by atoms with van der Waals surface area (Å²) in [6.45, 7) is 3.00. The molecule has 0 amide bonds. The molecule has 1 aromatic rings. The van der Waals surface area contributed by atoms with Gasteiger partial charge in [0.1, 0.15) is 5.75 Å². The molecule has 0 saturated carbocycles. The van der Waals surface area contributed by atoms with Gasteiger partial charge in [0.25, 0.3) is 0 Å². The molecule has 0 spiro atoms. The quantitative estimate of drug-likeness (QED) is 0.426. The van der Waals surface area contributed by atoms with E-state index in [1.54, 1.807) is 31.2 Å². The highest BCUT2D eigenvalue weighted by atomic mass is 16.5. The predicted molar refractivity (Wildman–Crippen MR) is 50.3 cm³/mol. The fourth-order valence-corrected chi connectivity index (χ4v) is 1.02. The van der Waals surface area contributed by atoms with Crippen molar-refractivity contribution in [1.29, 1.82) is 5.41 Å². The maximum Gasteiger partial charge on any atom is 0.308 e. The van der Waals surface area contributed by atoms with Crippen LogP contribution < -0.4 is 4.74 Å². The van der Waals surface area contributed by atoms with Crippen molar-refractivity contribution in [3.05, 3.63) is 29.8 Å². The summed E-state index contributed by atoms with van der Waals surface area (Å²) >= 11 is 0. The van der Waals surface area contributed by atoms with Crippen LogP contribution in [0.3, 0.4) is 0 Å². The Hall–Kier alpha value is -1.64. The van der Waals surface area contributed by atoms with Gasteiger partial charge < -0.3 is 10.1 Å². The lowest BCUT2D eigenvalue weighted by Crippen LogP contribution is -2.05. The molecule has 1 rings (SSSR count). The Bertz CT molecular complexity index is 345. The van der Waals surface area contributed by atoms with Crippen molar-refractivity contribution in [1.82, 2.24) is 0 Å². The molecule has 0 aliphatic carbocycles. The number of carbonyl (C=O) groups excluding carboxylic acids is 1. The number of nitrogens with one attached hydrogen (secondary N) is 1. The van der Waals surface area contributed by atoms with Crippen LogP contribution >= 0.6 is 0 Å². The van der Waals surface area contributed by atoms with Crippen LogP contribution in [0.4, 0.5) is 0 Å². The first-order valence-corrected chi connectivity index (χ1v) is 3.94. The van der Waals surface area contributed by atoms with E-state index in [4.69, 9.17) is 10.1 Å². The lowest BCUT2D eigenvalue weighted by Gasteiger charge is -2.06. The second kappa shape index (κ2) is 3.85. The Morgan fingerprint density at radius 1 is 1.31 bits per heavy atom. The smallest absolute Gasteiger partial charge is 0.308 e. The zero-order valence-corrected chi connectivity index (χ0v) is 7.63. The molecule has 68 valence electrons. The number of hydrogen-bond acceptors (Lipinski definition) is 3. The first-order valence-electron chi connectivity index (χ1n) is 3.94. The molecule has 1 aromatic carbocycles.